The van der Waals surface area contributed by atoms with Crippen molar-refractivity contribution < 1.29 is 19.6 Å². The van der Waals surface area contributed by atoms with Gasteiger partial charge in [0.1, 0.15) is 17.4 Å². The summed E-state index contributed by atoms with van der Waals surface area (Å²) < 4.78 is 5.83. The standard InChI is InChI=1S/C21H15ClN2O5/c22-18-10-9-17(11-19(18)24(27)28)23-12-16-3-1-2-4-20(16)29-13-14-5-7-15(8-6-14)21(25)26/h1-12H,13H2,(H,25,26). The average Bonchev–Trinajstić information content (AvgIpc) is 2.72. The highest BCUT2D eigenvalue weighted by Gasteiger charge is 2.12. The van der Waals surface area contributed by atoms with Gasteiger partial charge in [-0.1, -0.05) is 35.9 Å². The molecule has 146 valence electrons. The van der Waals surface area contributed by atoms with Crippen LogP contribution in [0, 0.1) is 10.1 Å². The number of carbonyl (C=O) groups is 1. The average molecular weight is 411 g/mol. The lowest BCUT2D eigenvalue weighted by Crippen LogP contribution is -2.00. The minimum absolute atomic E-state index is 0.0478. The normalized spacial score (nSPS) is 10.8. The first-order valence-electron chi connectivity index (χ1n) is 8.46. The van der Waals surface area contributed by atoms with Gasteiger partial charge in [-0.25, -0.2) is 4.79 Å². The van der Waals surface area contributed by atoms with Gasteiger partial charge in [-0.05, 0) is 42.0 Å². The molecule has 29 heavy (non-hydrogen) atoms. The number of nitro benzene ring substituents is 1. The molecule has 0 spiro atoms. The Kier molecular flexibility index (Phi) is 6.21. The van der Waals surface area contributed by atoms with Gasteiger partial charge in [0.25, 0.3) is 5.69 Å². The number of halogens is 1. The van der Waals surface area contributed by atoms with E-state index in [0.29, 0.717) is 17.0 Å². The summed E-state index contributed by atoms with van der Waals surface area (Å²) in [5.41, 5.74) is 1.89. The summed E-state index contributed by atoms with van der Waals surface area (Å²) in [7, 11) is 0. The quantitative estimate of drug-likeness (QED) is 0.324. The van der Waals surface area contributed by atoms with E-state index in [0.717, 1.165) is 5.56 Å². The molecule has 0 saturated carbocycles. The second kappa shape index (κ2) is 8.99. The molecular formula is C21H15ClN2O5. The number of nitrogens with zero attached hydrogens (tertiary/aromatic N) is 2. The first-order chi connectivity index (χ1) is 13.9. The minimum atomic E-state index is -0.985. The maximum Gasteiger partial charge on any atom is 0.335 e. The summed E-state index contributed by atoms with van der Waals surface area (Å²) in [4.78, 5) is 25.6. The first kappa shape index (κ1) is 20.0. The van der Waals surface area contributed by atoms with Crippen molar-refractivity contribution in [3.8, 4) is 5.75 Å². The highest BCUT2D eigenvalue weighted by Crippen LogP contribution is 2.29. The van der Waals surface area contributed by atoms with Gasteiger partial charge in [-0.2, -0.15) is 0 Å². The lowest BCUT2D eigenvalue weighted by atomic mass is 10.1. The molecule has 3 aromatic rings. The minimum Gasteiger partial charge on any atom is -0.488 e. The number of aliphatic imine (C=N–C) groups is 1. The number of ether oxygens (including phenoxy) is 1. The number of nitro groups is 1. The van der Waals surface area contributed by atoms with Crippen molar-refractivity contribution in [1.29, 1.82) is 0 Å². The molecule has 0 fully saturated rings. The third-order valence-electron chi connectivity index (χ3n) is 3.99. The third kappa shape index (κ3) is 5.18. The van der Waals surface area contributed by atoms with Gasteiger partial charge < -0.3 is 9.84 Å². The van der Waals surface area contributed by atoms with E-state index in [1.165, 1.54) is 24.3 Å². The lowest BCUT2D eigenvalue weighted by molar-refractivity contribution is -0.384. The van der Waals surface area contributed by atoms with E-state index < -0.39 is 10.9 Å². The number of para-hydroxylation sites is 1. The van der Waals surface area contributed by atoms with Crippen LogP contribution in [0.2, 0.25) is 5.02 Å². The molecule has 0 aliphatic rings. The SMILES string of the molecule is O=C(O)c1ccc(COc2ccccc2C=Nc2ccc(Cl)c([N+](=O)[O-])c2)cc1. The van der Waals surface area contributed by atoms with Crippen LogP contribution >= 0.6 is 11.6 Å². The van der Waals surface area contributed by atoms with Crippen LogP contribution in [0.1, 0.15) is 21.5 Å². The van der Waals surface area contributed by atoms with Gasteiger partial charge in [0.15, 0.2) is 0 Å². The summed E-state index contributed by atoms with van der Waals surface area (Å²) in [5.74, 6) is -0.413. The smallest absolute Gasteiger partial charge is 0.335 e. The van der Waals surface area contributed by atoms with E-state index in [4.69, 9.17) is 21.4 Å². The van der Waals surface area contributed by atoms with E-state index in [-0.39, 0.29) is 22.9 Å². The van der Waals surface area contributed by atoms with E-state index in [9.17, 15) is 14.9 Å². The Bertz CT molecular complexity index is 1080. The molecule has 0 bridgehead atoms. The van der Waals surface area contributed by atoms with Crippen molar-refractivity contribution in [2.45, 2.75) is 6.61 Å². The van der Waals surface area contributed by atoms with Gasteiger partial charge in [0.2, 0.25) is 0 Å². The molecule has 3 aromatic carbocycles. The summed E-state index contributed by atoms with van der Waals surface area (Å²) in [6, 6.07) is 17.9. The number of carboxylic acid groups (broad SMARTS) is 1. The van der Waals surface area contributed by atoms with Crippen molar-refractivity contribution in [2.75, 3.05) is 0 Å². The fraction of sp³-hybridized carbons (Fsp3) is 0.0476. The van der Waals surface area contributed by atoms with E-state index >= 15 is 0 Å². The van der Waals surface area contributed by atoms with Crippen LogP contribution in [0.4, 0.5) is 11.4 Å². The fourth-order valence-corrected chi connectivity index (χ4v) is 2.68. The number of benzene rings is 3. The molecule has 0 unspecified atom stereocenters. The summed E-state index contributed by atoms with van der Waals surface area (Å²) in [6.45, 7) is 0.247. The van der Waals surface area contributed by atoms with Crippen molar-refractivity contribution in [3.05, 3.63) is 98.6 Å². The molecule has 0 heterocycles. The van der Waals surface area contributed by atoms with Gasteiger partial charge in [-0.15, -0.1) is 0 Å². The Morgan fingerprint density at radius 3 is 2.55 bits per heavy atom. The predicted molar refractivity (Wildman–Crippen MR) is 110 cm³/mol. The largest absolute Gasteiger partial charge is 0.488 e. The van der Waals surface area contributed by atoms with Crippen molar-refractivity contribution >= 4 is 35.2 Å². The summed E-state index contributed by atoms with van der Waals surface area (Å²) in [5, 5.41) is 20.0. The highest BCUT2D eigenvalue weighted by molar-refractivity contribution is 6.32. The van der Waals surface area contributed by atoms with Crippen LogP contribution in [0.5, 0.6) is 5.75 Å². The van der Waals surface area contributed by atoms with Crippen LogP contribution in [0.25, 0.3) is 0 Å². The number of rotatable bonds is 7. The summed E-state index contributed by atoms with van der Waals surface area (Å²) >= 11 is 5.81. The van der Waals surface area contributed by atoms with Crippen molar-refractivity contribution in [1.82, 2.24) is 0 Å². The Morgan fingerprint density at radius 1 is 1.14 bits per heavy atom. The zero-order valence-electron chi connectivity index (χ0n) is 15.0. The molecule has 3 rings (SSSR count). The maximum absolute atomic E-state index is 11.0. The van der Waals surface area contributed by atoms with Gasteiger partial charge in [0, 0.05) is 17.8 Å². The van der Waals surface area contributed by atoms with Crippen molar-refractivity contribution in [2.24, 2.45) is 4.99 Å². The van der Waals surface area contributed by atoms with Crippen molar-refractivity contribution in [3.63, 3.8) is 0 Å². The van der Waals surface area contributed by atoms with Crippen LogP contribution in [0.3, 0.4) is 0 Å². The van der Waals surface area contributed by atoms with E-state index in [1.807, 2.05) is 12.1 Å². The highest BCUT2D eigenvalue weighted by atomic mass is 35.5. The molecule has 0 aliphatic carbocycles. The van der Waals surface area contributed by atoms with Gasteiger partial charge in [-0.3, -0.25) is 15.1 Å². The second-order valence-corrected chi connectivity index (χ2v) is 6.39. The molecule has 0 saturated heterocycles. The molecule has 0 radical (unpaired) electrons. The first-order valence-corrected chi connectivity index (χ1v) is 8.84. The number of aromatic carboxylic acids is 1. The predicted octanol–water partition coefficient (Wildman–Crippen LogP) is 5.28. The molecule has 1 N–H and O–H groups in total. The molecule has 0 amide bonds. The molecule has 7 nitrogen and oxygen atoms in total. The Labute approximate surface area is 171 Å². The summed E-state index contributed by atoms with van der Waals surface area (Å²) in [6.07, 6.45) is 1.55. The zero-order chi connectivity index (χ0) is 20.8. The molecular weight excluding hydrogens is 396 g/mol. The number of hydrogen-bond acceptors (Lipinski definition) is 5. The Hall–Kier alpha value is -3.71. The lowest BCUT2D eigenvalue weighted by Gasteiger charge is -2.09. The zero-order valence-corrected chi connectivity index (χ0v) is 15.7. The fourth-order valence-electron chi connectivity index (χ4n) is 2.49. The van der Waals surface area contributed by atoms with E-state index in [1.54, 1.807) is 36.5 Å². The van der Waals surface area contributed by atoms with Crippen LogP contribution in [-0.2, 0) is 6.61 Å². The Morgan fingerprint density at radius 2 is 1.86 bits per heavy atom. The van der Waals surface area contributed by atoms with E-state index in [2.05, 4.69) is 4.99 Å². The monoisotopic (exact) mass is 410 g/mol. The number of hydrogen-bond donors (Lipinski definition) is 1. The topological polar surface area (TPSA) is 102 Å². The Balaban J connectivity index is 1.75. The molecule has 0 aliphatic heterocycles. The molecule has 0 aromatic heterocycles. The van der Waals surface area contributed by atoms with Crippen LogP contribution in [-0.4, -0.2) is 22.2 Å². The molecule has 8 heteroatoms. The molecule has 0 atom stereocenters. The van der Waals surface area contributed by atoms with Crippen LogP contribution < -0.4 is 4.74 Å². The second-order valence-electron chi connectivity index (χ2n) is 5.98. The maximum atomic E-state index is 11.0. The van der Waals surface area contributed by atoms with Crippen LogP contribution in [0.15, 0.2) is 71.7 Å². The third-order valence-corrected chi connectivity index (χ3v) is 4.31. The van der Waals surface area contributed by atoms with Gasteiger partial charge in [0.05, 0.1) is 16.2 Å². The van der Waals surface area contributed by atoms with Gasteiger partial charge >= 0.3 is 5.97 Å². The number of carboxylic acids is 1.